The number of nitrogens with one attached hydrogen (secondary N) is 1. The zero-order valence-electron chi connectivity index (χ0n) is 9.06. The predicted molar refractivity (Wildman–Crippen MR) is 59.0 cm³/mol. The molecule has 1 rings (SSSR count). The molecule has 0 atom stereocenters. The van der Waals surface area contributed by atoms with Crippen molar-refractivity contribution in [3.05, 3.63) is 29.3 Å². The highest BCUT2D eigenvalue weighted by Gasteiger charge is 2.13. The molecular weight excluding hydrogens is 226 g/mol. The first-order valence-corrected chi connectivity index (χ1v) is 4.75. The van der Waals surface area contributed by atoms with Crippen LogP contribution in [0, 0.1) is 0 Å². The van der Waals surface area contributed by atoms with E-state index in [1.54, 1.807) is 0 Å². The Morgan fingerprint density at radius 2 is 1.88 bits per heavy atom. The maximum atomic E-state index is 10.9. The van der Waals surface area contributed by atoms with Crippen LogP contribution in [0.3, 0.4) is 0 Å². The number of amides is 1. The fraction of sp³-hybridized carbons (Fsp3) is 0.182. The van der Waals surface area contributed by atoms with Crippen molar-refractivity contribution in [2.24, 2.45) is 0 Å². The fourth-order valence-corrected chi connectivity index (χ4v) is 1.37. The van der Waals surface area contributed by atoms with E-state index in [1.165, 1.54) is 25.1 Å². The Hall–Kier alpha value is -2.37. The third kappa shape index (κ3) is 3.60. The van der Waals surface area contributed by atoms with Crippen LogP contribution in [-0.4, -0.2) is 28.1 Å². The Balaban J connectivity index is 3.12. The number of rotatable bonds is 4. The number of hydrogen-bond donors (Lipinski definition) is 3. The van der Waals surface area contributed by atoms with E-state index in [1.807, 2.05) is 0 Å². The number of benzene rings is 1. The first-order valence-electron chi connectivity index (χ1n) is 4.75. The highest BCUT2D eigenvalue weighted by atomic mass is 16.4. The minimum Gasteiger partial charge on any atom is -0.481 e. The summed E-state index contributed by atoms with van der Waals surface area (Å²) >= 11 is 0. The smallest absolute Gasteiger partial charge is 0.336 e. The molecule has 1 aromatic carbocycles. The lowest BCUT2D eigenvalue weighted by Gasteiger charge is -2.07. The van der Waals surface area contributed by atoms with Gasteiger partial charge in [0.15, 0.2) is 0 Å². The molecule has 0 heterocycles. The molecule has 17 heavy (non-hydrogen) atoms. The molecule has 90 valence electrons. The van der Waals surface area contributed by atoms with Gasteiger partial charge in [-0.3, -0.25) is 9.59 Å². The Morgan fingerprint density at radius 3 is 2.35 bits per heavy atom. The second-order valence-corrected chi connectivity index (χ2v) is 3.43. The van der Waals surface area contributed by atoms with Crippen molar-refractivity contribution in [2.45, 2.75) is 13.3 Å². The fourth-order valence-electron chi connectivity index (χ4n) is 1.37. The summed E-state index contributed by atoms with van der Waals surface area (Å²) in [6, 6.07) is 4.08. The summed E-state index contributed by atoms with van der Waals surface area (Å²) in [5.74, 6) is -2.67. The molecule has 0 unspecified atom stereocenters. The maximum Gasteiger partial charge on any atom is 0.336 e. The maximum absolute atomic E-state index is 10.9. The molecule has 0 bridgehead atoms. The van der Waals surface area contributed by atoms with Gasteiger partial charge in [-0.25, -0.2) is 4.79 Å². The van der Waals surface area contributed by atoms with E-state index >= 15 is 0 Å². The van der Waals surface area contributed by atoms with Crippen LogP contribution < -0.4 is 5.32 Å². The normalized spacial score (nSPS) is 9.71. The quantitative estimate of drug-likeness (QED) is 0.723. The minimum absolute atomic E-state index is 0.126. The molecule has 0 aliphatic carbocycles. The van der Waals surface area contributed by atoms with Crippen LogP contribution in [0.4, 0.5) is 5.69 Å². The van der Waals surface area contributed by atoms with Crippen LogP contribution in [0.2, 0.25) is 0 Å². The van der Waals surface area contributed by atoms with Crippen molar-refractivity contribution < 1.29 is 24.6 Å². The Labute approximate surface area is 96.9 Å². The Morgan fingerprint density at radius 1 is 1.24 bits per heavy atom. The van der Waals surface area contributed by atoms with E-state index in [9.17, 15) is 14.4 Å². The molecule has 0 aliphatic heterocycles. The largest absolute Gasteiger partial charge is 0.481 e. The third-order valence-electron chi connectivity index (χ3n) is 2.00. The lowest BCUT2D eigenvalue weighted by molar-refractivity contribution is -0.136. The number of hydrogen-bond acceptors (Lipinski definition) is 3. The number of carboxylic acid groups (broad SMARTS) is 2. The zero-order chi connectivity index (χ0) is 13.0. The van der Waals surface area contributed by atoms with E-state index in [-0.39, 0.29) is 23.5 Å². The molecule has 0 radical (unpaired) electrons. The summed E-state index contributed by atoms with van der Waals surface area (Å²) in [6.07, 6.45) is -0.373. The summed E-state index contributed by atoms with van der Waals surface area (Å²) in [5, 5.41) is 20.0. The molecule has 0 aliphatic rings. The molecule has 6 nitrogen and oxygen atoms in total. The van der Waals surface area contributed by atoms with Crippen LogP contribution in [0.25, 0.3) is 0 Å². The first-order chi connectivity index (χ1) is 7.90. The zero-order valence-corrected chi connectivity index (χ0v) is 9.06. The Bertz CT molecular complexity index is 481. The average molecular weight is 237 g/mol. The number of carbonyl (C=O) groups is 3. The van der Waals surface area contributed by atoms with Gasteiger partial charge in [0.05, 0.1) is 12.0 Å². The van der Waals surface area contributed by atoms with Gasteiger partial charge >= 0.3 is 11.9 Å². The molecule has 0 spiro atoms. The number of aromatic carboxylic acids is 1. The summed E-state index contributed by atoms with van der Waals surface area (Å²) in [5.41, 5.74) is 0.391. The van der Waals surface area contributed by atoms with Crippen LogP contribution in [-0.2, 0) is 16.0 Å². The monoisotopic (exact) mass is 237 g/mol. The Kier molecular flexibility index (Phi) is 3.82. The molecule has 0 fully saturated rings. The van der Waals surface area contributed by atoms with Gasteiger partial charge in [-0.05, 0) is 17.7 Å². The molecule has 1 amide bonds. The van der Waals surface area contributed by atoms with Crippen LogP contribution in [0.15, 0.2) is 18.2 Å². The van der Waals surface area contributed by atoms with Crippen molar-refractivity contribution in [3.63, 3.8) is 0 Å². The average Bonchev–Trinajstić information content (AvgIpc) is 2.18. The highest BCUT2D eigenvalue weighted by Crippen LogP contribution is 2.17. The standard InChI is InChI=1S/C11H11NO5/c1-6(13)12-8-3-2-7(4-10(14)15)9(5-8)11(16)17/h2-3,5H,4H2,1H3,(H,12,13)(H,14,15)(H,16,17). The van der Waals surface area contributed by atoms with Crippen LogP contribution >= 0.6 is 0 Å². The summed E-state index contributed by atoms with van der Waals surface area (Å²) in [6.45, 7) is 1.30. The van der Waals surface area contributed by atoms with Crippen molar-refractivity contribution in [3.8, 4) is 0 Å². The molecule has 6 heteroatoms. The summed E-state index contributed by atoms with van der Waals surface area (Å²) in [4.78, 5) is 32.3. The second-order valence-electron chi connectivity index (χ2n) is 3.43. The van der Waals surface area contributed by atoms with Gasteiger partial charge in [-0.2, -0.15) is 0 Å². The van der Waals surface area contributed by atoms with Gasteiger partial charge in [-0.1, -0.05) is 6.07 Å². The molecule has 0 saturated heterocycles. The van der Waals surface area contributed by atoms with Gasteiger partial charge in [0, 0.05) is 12.6 Å². The number of carbonyl (C=O) groups excluding carboxylic acids is 1. The van der Waals surface area contributed by atoms with E-state index in [0.29, 0.717) is 5.69 Å². The van der Waals surface area contributed by atoms with E-state index in [0.717, 1.165) is 0 Å². The molecule has 1 aromatic rings. The topological polar surface area (TPSA) is 104 Å². The first kappa shape index (κ1) is 12.7. The van der Waals surface area contributed by atoms with Gasteiger partial charge in [0.25, 0.3) is 0 Å². The minimum atomic E-state index is -1.23. The SMILES string of the molecule is CC(=O)Nc1ccc(CC(=O)O)c(C(=O)O)c1. The van der Waals surface area contributed by atoms with Gasteiger partial charge in [0.2, 0.25) is 5.91 Å². The summed E-state index contributed by atoms with van der Waals surface area (Å²) < 4.78 is 0. The van der Waals surface area contributed by atoms with Crippen LogP contribution in [0.1, 0.15) is 22.8 Å². The lowest BCUT2D eigenvalue weighted by Crippen LogP contribution is -2.11. The van der Waals surface area contributed by atoms with Gasteiger partial charge in [-0.15, -0.1) is 0 Å². The van der Waals surface area contributed by atoms with E-state index < -0.39 is 11.9 Å². The van der Waals surface area contributed by atoms with Crippen LogP contribution in [0.5, 0.6) is 0 Å². The van der Waals surface area contributed by atoms with Gasteiger partial charge < -0.3 is 15.5 Å². The molecule has 3 N–H and O–H groups in total. The van der Waals surface area contributed by atoms with Crippen molar-refractivity contribution >= 4 is 23.5 Å². The predicted octanol–water partition coefficient (Wildman–Crippen LogP) is 0.970. The second kappa shape index (κ2) is 5.11. The van der Waals surface area contributed by atoms with Gasteiger partial charge in [0.1, 0.15) is 0 Å². The summed E-state index contributed by atoms with van der Waals surface area (Å²) in [7, 11) is 0. The van der Waals surface area contributed by atoms with Crippen molar-refractivity contribution in [1.82, 2.24) is 0 Å². The highest BCUT2D eigenvalue weighted by molar-refractivity contribution is 5.94. The number of aliphatic carboxylic acids is 1. The van der Waals surface area contributed by atoms with E-state index in [2.05, 4.69) is 5.32 Å². The lowest BCUT2D eigenvalue weighted by atomic mass is 10.0. The molecular formula is C11H11NO5. The van der Waals surface area contributed by atoms with Crippen molar-refractivity contribution in [2.75, 3.05) is 5.32 Å². The molecule has 0 saturated carbocycles. The molecule has 0 aromatic heterocycles. The van der Waals surface area contributed by atoms with E-state index in [4.69, 9.17) is 10.2 Å². The number of anilines is 1. The van der Waals surface area contributed by atoms with Crippen molar-refractivity contribution in [1.29, 1.82) is 0 Å². The number of carboxylic acids is 2. The third-order valence-corrected chi connectivity index (χ3v) is 2.00.